The van der Waals surface area contributed by atoms with Crippen LogP contribution in [-0.2, 0) is 19.1 Å². The number of urea groups is 1. The Labute approximate surface area is 170 Å². The van der Waals surface area contributed by atoms with Crippen molar-refractivity contribution in [1.82, 2.24) is 15.5 Å². The third kappa shape index (κ3) is 4.93. The van der Waals surface area contributed by atoms with Crippen LogP contribution in [0.5, 0.6) is 0 Å². The average molecular weight is 401 g/mol. The molecule has 1 atom stereocenters. The van der Waals surface area contributed by atoms with Crippen molar-refractivity contribution in [3.8, 4) is 0 Å². The molecule has 2 aliphatic rings. The van der Waals surface area contributed by atoms with Crippen LogP contribution in [0, 0.1) is 0 Å². The summed E-state index contributed by atoms with van der Waals surface area (Å²) in [5, 5.41) is 5.58. The lowest BCUT2D eigenvalue weighted by Crippen LogP contribution is -2.44. The Morgan fingerprint density at radius 3 is 2.59 bits per heavy atom. The van der Waals surface area contributed by atoms with Crippen molar-refractivity contribution in [2.75, 3.05) is 13.2 Å². The minimum atomic E-state index is -0.731. The Balaban J connectivity index is 1.35. The number of benzene rings is 1. The summed E-state index contributed by atoms with van der Waals surface area (Å²) in [6.07, 6.45) is 3.54. The molecule has 2 N–H and O–H groups in total. The quantitative estimate of drug-likeness (QED) is 0.512. The van der Waals surface area contributed by atoms with E-state index in [9.17, 15) is 19.2 Å². The second-order valence-corrected chi connectivity index (χ2v) is 7.64. The topological polar surface area (TPSA) is 105 Å². The highest BCUT2D eigenvalue weighted by Crippen LogP contribution is 2.35. The second kappa shape index (κ2) is 9.07. The summed E-state index contributed by atoms with van der Waals surface area (Å²) in [5.41, 5.74) is 0.228. The molecule has 1 saturated carbocycles. The summed E-state index contributed by atoms with van der Waals surface area (Å²) < 4.78 is 5.00. The number of imide groups is 1. The number of rotatable bonds is 8. The largest absolute Gasteiger partial charge is 0.456 e. The molecule has 8 nitrogen and oxygen atoms in total. The Kier molecular flexibility index (Phi) is 6.51. The van der Waals surface area contributed by atoms with Crippen LogP contribution in [0.1, 0.15) is 57.1 Å². The zero-order valence-corrected chi connectivity index (χ0v) is 16.6. The van der Waals surface area contributed by atoms with Gasteiger partial charge in [-0.1, -0.05) is 43.2 Å². The Bertz CT molecular complexity index is 774. The van der Waals surface area contributed by atoms with Crippen molar-refractivity contribution in [2.45, 2.75) is 57.0 Å². The maximum atomic E-state index is 12.5. The van der Waals surface area contributed by atoms with E-state index < -0.39 is 11.5 Å². The highest BCUT2D eigenvalue weighted by molar-refractivity contribution is 6.07. The van der Waals surface area contributed by atoms with E-state index in [1.54, 1.807) is 0 Å². The van der Waals surface area contributed by atoms with Crippen molar-refractivity contribution < 1.29 is 23.9 Å². The monoisotopic (exact) mass is 401 g/mol. The van der Waals surface area contributed by atoms with Gasteiger partial charge in [0.1, 0.15) is 5.54 Å². The van der Waals surface area contributed by atoms with Gasteiger partial charge in [-0.25, -0.2) is 4.79 Å². The van der Waals surface area contributed by atoms with Crippen LogP contribution < -0.4 is 10.6 Å². The smallest absolute Gasteiger partial charge is 0.325 e. The summed E-state index contributed by atoms with van der Waals surface area (Å²) in [5.74, 6) is -1.11. The first kappa shape index (κ1) is 20.8. The molecule has 29 heavy (non-hydrogen) atoms. The molecule has 1 spiro atoms. The van der Waals surface area contributed by atoms with Gasteiger partial charge >= 0.3 is 12.0 Å². The number of hydrogen-bond donors (Lipinski definition) is 2. The van der Waals surface area contributed by atoms with Crippen molar-refractivity contribution in [1.29, 1.82) is 0 Å². The van der Waals surface area contributed by atoms with Gasteiger partial charge in [-0.2, -0.15) is 0 Å². The van der Waals surface area contributed by atoms with Gasteiger partial charge in [0.2, 0.25) is 0 Å². The lowest BCUT2D eigenvalue weighted by molar-refractivity contribution is -0.149. The molecule has 1 saturated heterocycles. The van der Waals surface area contributed by atoms with Gasteiger partial charge in [0.05, 0.1) is 6.04 Å². The van der Waals surface area contributed by atoms with E-state index in [2.05, 4.69) is 10.6 Å². The number of carbonyl (C=O) groups is 4. The normalized spacial score (nSPS) is 18.6. The van der Waals surface area contributed by atoms with Gasteiger partial charge in [-0.15, -0.1) is 0 Å². The summed E-state index contributed by atoms with van der Waals surface area (Å²) in [7, 11) is 0. The van der Waals surface area contributed by atoms with E-state index in [0.717, 1.165) is 18.4 Å². The number of hydrogen-bond acceptors (Lipinski definition) is 5. The predicted molar refractivity (Wildman–Crippen MR) is 105 cm³/mol. The van der Waals surface area contributed by atoms with E-state index in [4.69, 9.17) is 4.74 Å². The molecule has 1 aliphatic heterocycles. The molecule has 2 fully saturated rings. The molecule has 0 aromatic heterocycles. The number of esters is 1. The van der Waals surface area contributed by atoms with E-state index in [0.29, 0.717) is 19.3 Å². The van der Waals surface area contributed by atoms with Crippen LogP contribution in [0.2, 0.25) is 0 Å². The van der Waals surface area contributed by atoms with Crippen LogP contribution in [-0.4, -0.2) is 47.4 Å². The molecule has 4 amide bonds. The third-order valence-electron chi connectivity index (χ3n) is 5.51. The molecular formula is C21H27N3O5. The lowest BCUT2D eigenvalue weighted by atomic mass is 9.98. The maximum absolute atomic E-state index is 12.5. The summed E-state index contributed by atoms with van der Waals surface area (Å²) in [4.78, 5) is 49.6. The van der Waals surface area contributed by atoms with Crippen LogP contribution in [0.4, 0.5) is 4.79 Å². The molecule has 0 unspecified atom stereocenters. The third-order valence-corrected chi connectivity index (χ3v) is 5.51. The second-order valence-electron chi connectivity index (χ2n) is 7.64. The zero-order valence-electron chi connectivity index (χ0n) is 16.6. The predicted octanol–water partition coefficient (Wildman–Crippen LogP) is 2.05. The number of amides is 4. The summed E-state index contributed by atoms with van der Waals surface area (Å²) >= 11 is 0. The molecule has 8 heteroatoms. The standard InChI is InChI=1S/C21H27N3O5/c1-15(16-8-3-2-4-9-16)22-17(25)14-29-18(26)10-7-13-24-19(27)21(23-20(24)28)11-5-6-12-21/h2-4,8-9,15H,5-7,10-14H2,1H3,(H,22,25)(H,23,28)/t15-/m1/s1. The van der Waals surface area contributed by atoms with Crippen LogP contribution in [0.25, 0.3) is 0 Å². The number of carbonyl (C=O) groups excluding carboxylic acids is 4. The molecule has 1 heterocycles. The molecular weight excluding hydrogens is 374 g/mol. The molecule has 1 aromatic carbocycles. The molecule has 156 valence electrons. The maximum Gasteiger partial charge on any atom is 0.325 e. The van der Waals surface area contributed by atoms with Crippen LogP contribution in [0.15, 0.2) is 30.3 Å². The van der Waals surface area contributed by atoms with E-state index in [-0.39, 0.29) is 43.5 Å². The Morgan fingerprint density at radius 2 is 1.90 bits per heavy atom. The van der Waals surface area contributed by atoms with Gasteiger partial charge in [-0.3, -0.25) is 19.3 Å². The van der Waals surface area contributed by atoms with Crippen molar-refractivity contribution in [2.24, 2.45) is 0 Å². The van der Waals surface area contributed by atoms with Crippen molar-refractivity contribution in [3.63, 3.8) is 0 Å². The highest BCUT2D eigenvalue weighted by Gasteiger charge is 2.52. The van der Waals surface area contributed by atoms with Gasteiger partial charge in [-0.05, 0) is 31.7 Å². The van der Waals surface area contributed by atoms with Crippen molar-refractivity contribution in [3.05, 3.63) is 35.9 Å². The Hall–Kier alpha value is -2.90. The fourth-order valence-corrected chi connectivity index (χ4v) is 3.90. The summed E-state index contributed by atoms with van der Waals surface area (Å²) in [6.45, 7) is 1.66. The number of nitrogens with zero attached hydrogens (tertiary/aromatic N) is 1. The molecule has 1 aromatic rings. The fourth-order valence-electron chi connectivity index (χ4n) is 3.90. The zero-order chi connectivity index (χ0) is 20.9. The van der Waals surface area contributed by atoms with Crippen molar-refractivity contribution >= 4 is 23.8 Å². The van der Waals surface area contributed by atoms with Gasteiger partial charge in [0.25, 0.3) is 11.8 Å². The number of nitrogens with one attached hydrogen (secondary N) is 2. The Morgan fingerprint density at radius 1 is 1.21 bits per heavy atom. The van der Waals surface area contributed by atoms with E-state index >= 15 is 0 Å². The number of ether oxygens (including phenoxy) is 1. The first-order valence-electron chi connectivity index (χ1n) is 10.1. The molecule has 0 radical (unpaired) electrons. The first-order chi connectivity index (χ1) is 13.9. The SMILES string of the molecule is C[C@@H](NC(=O)COC(=O)CCCN1C(=O)NC2(CCCC2)C1=O)c1ccccc1. The van der Waals surface area contributed by atoms with E-state index in [1.807, 2.05) is 37.3 Å². The van der Waals surface area contributed by atoms with Gasteiger partial charge in [0, 0.05) is 13.0 Å². The van der Waals surface area contributed by atoms with Gasteiger partial charge in [0.15, 0.2) is 6.61 Å². The van der Waals surface area contributed by atoms with E-state index in [1.165, 1.54) is 4.90 Å². The summed E-state index contributed by atoms with van der Waals surface area (Å²) in [6, 6.07) is 8.90. The highest BCUT2D eigenvalue weighted by atomic mass is 16.5. The molecule has 0 bridgehead atoms. The van der Waals surface area contributed by atoms with Crippen LogP contribution in [0.3, 0.4) is 0 Å². The average Bonchev–Trinajstić information content (AvgIpc) is 3.27. The van der Waals surface area contributed by atoms with Crippen LogP contribution >= 0.6 is 0 Å². The minimum Gasteiger partial charge on any atom is -0.456 e. The molecule has 3 rings (SSSR count). The minimum absolute atomic E-state index is 0.0333. The fraction of sp³-hybridized carbons (Fsp3) is 0.524. The lowest BCUT2D eigenvalue weighted by Gasteiger charge is -2.19. The van der Waals surface area contributed by atoms with Gasteiger partial charge < -0.3 is 15.4 Å². The molecule has 1 aliphatic carbocycles. The first-order valence-corrected chi connectivity index (χ1v) is 10.1.